The van der Waals surface area contributed by atoms with E-state index in [0.717, 1.165) is 176 Å². The van der Waals surface area contributed by atoms with Gasteiger partial charge in [0.25, 0.3) is 0 Å². The van der Waals surface area contributed by atoms with Crippen LogP contribution in [0, 0.1) is 17.5 Å². The fourth-order valence-electron chi connectivity index (χ4n) is 15.7. The number of carbonyl (C=O) groups excluding carboxylic acids is 2. The molecular formula is C104H97BBrF3I6N25O7-. The van der Waals surface area contributed by atoms with Crippen molar-refractivity contribution < 1.29 is 60.3 Å². The molecule has 754 valence electrons. The third kappa shape index (κ3) is 29.2. The zero-order valence-corrected chi connectivity index (χ0v) is 94.3. The van der Waals surface area contributed by atoms with Crippen molar-refractivity contribution in [3.63, 3.8) is 0 Å². The number of aromatic amines is 3. The molecule has 3 fully saturated rings. The summed E-state index contributed by atoms with van der Waals surface area (Å²) < 4.78 is 66.6. The smallest absolute Gasteiger partial charge is 0.423 e. The maximum Gasteiger partial charge on any atom is 0.490 e. The molecule has 3 aliphatic heterocycles. The summed E-state index contributed by atoms with van der Waals surface area (Å²) in [6, 6.07) is 41.7. The van der Waals surface area contributed by atoms with Gasteiger partial charge in [-0.15, -0.1) is 0 Å². The van der Waals surface area contributed by atoms with Crippen LogP contribution in [0.1, 0.15) is 132 Å². The van der Waals surface area contributed by atoms with E-state index < -0.39 is 7.12 Å². The van der Waals surface area contributed by atoms with E-state index in [9.17, 15) is 22.8 Å². The first-order chi connectivity index (χ1) is 71.1. The molecule has 0 radical (unpaired) electrons. The number of halogens is 10. The van der Waals surface area contributed by atoms with Gasteiger partial charge in [-0.25, -0.2) is 57.1 Å². The summed E-state index contributed by atoms with van der Waals surface area (Å²) in [6.45, 7) is 13.1. The summed E-state index contributed by atoms with van der Waals surface area (Å²) in [5, 5.41) is 41.3. The molecule has 3 saturated heterocycles. The van der Waals surface area contributed by atoms with Crippen LogP contribution in [-0.2, 0) is 14.2 Å². The fourth-order valence-corrected chi connectivity index (χ4v) is 16.0. The van der Waals surface area contributed by atoms with Crippen LogP contribution in [-0.4, -0.2) is 175 Å². The SMILES string of the molecule is CC(C)(C)I.CC(C)(I)CI.Fc1cccc(-c2cncc3[nH]c(-c4[nH]nc5ncc(-c6cccnc6)cc45)nc23)c1.Fc1cccc(-c2cncc3[nH]c(-c4nn(C5CCCCO5)c5ncc(-c6cccnc6)cc45)nc23)c1.I[I-]I.Nc1cncc(-c2cccc(F)c2)c1N.O=Cc1nn(C2CCCCO2)c2ncc(-c3cccnc3)cc12.O=Cc1nn(C2CCCCO2)c2ncc(Br)cc12.OB(O)c1cccnc1. The number of alkyl halides is 3. The van der Waals surface area contributed by atoms with E-state index >= 15 is 0 Å². The molecule has 20 heterocycles. The van der Waals surface area contributed by atoms with E-state index in [0.29, 0.717) is 123 Å². The number of aldehydes is 2. The number of fused-ring (bicyclic) bond motifs is 6. The minimum absolute atomic E-state index is 0.108. The number of nitrogens with one attached hydrogen (secondary N) is 3. The van der Waals surface area contributed by atoms with Crippen molar-refractivity contribution >= 4 is 224 Å². The number of ether oxygens (including phenoxy) is 3. The van der Waals surface area contributed by atoms with Crippen molar-refractivity contribution in [2.45, 2.75) is 118 Å². The second-order valence-corrected chi connectivity index (χ2v) is 59.1. The Hall–Kier alpha value is -11.4. The minimum atomic E-state index is -1.40. The van der Waals surface area contributed by atoms with E-state index in [1.165, 1.54) is 53.2 Å². The number of rotatable bonds is 15. The van der Waals surface area contributed by atoms with Crippen molar-refractivity contribution in [2.75, 3.05) is 35.7 Å². The average Bonchev–Trinajstić information content (AvgIpc) is 1.59. The molecule has 0 bridgehead atoms. The summed E-state index contributed by atoms with van der Waals surface area (Å²) >= 11 is 15.9. The Labute approximate surface area is 922 Å². The third-order valence-corrected chi connectivity index (χ3v) is 26.7. The van der Waals surface area contributed by atoms with Crippen molar-refractivity contribution in [2.24, 2.45) is 0 Å². The normalized spacial score (nSPS) is 14.4. The Morgan fingerprint density at radius 3 is 1.29 bits per heavy atom. The molecule has 3 unspecified atom stereocenters. The van der Waals surface area contributed by atoms with Gasteiger partial charge in [-0.2, -0.15) is 20.4 Å². The summed E-state index contributed by atoms with van der Waals surface area (Å²) in [5.74, 6) is 0.267. The number of benzene rings is 3. The van der Waals surface area contributed by atoms with Crippen LogP contribution < -0.4 is 30.2 Å². The minimum Gasteiger partial charge on any atom is -0.423 e. The van der Waals surface area contributed by atoms with Crippen molar-refractivity contribution in [3.8, 4) is 89.8 Å². The summed E-state index contributed by atoms with van der Waals surface area (Å²) in [6.07, 6.45) is 40.8. The number of hydrogen-bond acceptors (Lipinski definition) is 26. The van der Waals surface area contributed by atoms with Crippen LogP contribution in [0.15, 0.2) is 262 Å². The Balaban J connectivity index is 0.000000134. The van der Waals surface area contributed by atoms with Crippen LogP contribution in [0.3, 0.4) is 0 Å². The zero-order valence-electron chi connectivity index (χ0n) is 79.7. The average molecular weight is 2720 g/mol. The van der Waals surface area contributed by atoms with Gasteiger partial charge < -0.3 is 45.7 Å². The summed E-state index contributed by atoms with van der Waals surface area (Å²) in [5.41, 5.74) is 30.3. The topological polar surface area (TPSA) is 436 Å². The van der Waals surface area contributed by atoms with Gasteiger partial charge in [0, 0.05) is 184 Å². The van der Waals surface area contributed by atoms with Crippen molar-refractivity contribution in [3.05, 3.63) is 290 Å². The Bertz CT molecular complexity index is 7810. The number of anilines is 2. The first kappa shape index (κ1) is 110. The first-order valence-electron chi connectivity index (χ1n) is 46.3. The standard InChI is InChI=1S/C28H22FN7O.C23H14FN7.C17H16N4O2.C12H12BrN3O2.C11H10FN3.C5H6BNO2.C4H8I2.C4H9I.I3/c29-20-7-3-5-17(11-20)22-15-31-16-23-25(22)34-27(33-23)26-21-12-19(18-6-4-9-30-13-18)14-32-28(21)36(35-26)24-8-1-2-10-37-24;24-16-5-1-3-13(7-16)18-11-26-12-19-20(18)29-23(28-19)21-17-8-15(10-27-22(17)31-30-21)14-4-2-6-25-9-14;22-11-15-14-8-13(12-4-3-6-18-9-12)10-19-17(14)21(20-15)16-5-1-2-7-23-16;13-8-5-9-10(7-17)15-16(12(9)14-6-8)11-3-1-2-4-18-11;12-8-3-1-2-7(4-8)9-5-15-6-10(13)11(9)14;8-6(9)5-2-1-3-7-4-5;1-4(2,6)3-5;1-4(2,3)5;1-3-2/h3-7,9,11-16,24H,1-2,8,10H2,(H,33,34);1-12H,(H,28,29)(H,27,30,31);3-4,6,8-11,16H,1-2,5,7H2;5-7,11H,1-4H2;1-6H,13H2,(H2,14,15);1-4,8-9H;3H2,1-2H3;1-3H3;/q;;;;;;;;-1. The molecule has 9 N–H and O–H groups in total. The van der Waals surface area contributed by atoms with E-state index in [2.05, 4.69) is 242 Å². The molecule has 0 spiro atoms. The van der Waals surface area contributed by atoms with Crippen LogP contribution in [0.5, 0.6) is 0 Å². The van der Waals surface area contributed by atoms with Gasteiger partial charge in [0.1, 0.15) is 40.2 Å². The van der Waals surface area contributed by atoms with E-state index in [1.54, 1.807) is 133 Å². The number of nitrogens with two attached hydrogens (primary N) is 2. The molecule has 20 aromatic rings. The Kier molecular flexibility index (Phi) is 39.3. The molecule has 0 amide bonds. The molecule has 3 aliphatic rings. The molecule has 17 aromatic heterocycles. The second kappa shape index (κ2) is 52.6. The fraction of sp³-hybridized carbons (Fsp3) is 0.221. The molecule has 0 saturated carbocycles. The first-order valence-corrected chi connectivity index (χ1v) is 63.3. The number of carbonyl (C=O) groups is 2. The van der Waals surface area contributed by atoms with Gasteiger partial charge in [-0.1, -0.05) is 163 Å². The quantitative estimate of drug-likeness (QED) is 0.0217. The summed E-state index contributed by atoms with van der Waals surface area (Å²) in [7, 11) is -1.40. The number of pyridine rings is 11. The largest absolute Gasteiger partial charge is 0.490 e. The molecule has 3 aromatic carbocycles. The predicted octanol–water partition coefficient (Wildman–Crippen LogP) is 20.9. The number of nitrogen functional groups attached to an aromatic ring is 2. The molecule has 3 atom stereocenters. The zero-order chi connectivity index (χ0) is 104. The summed E-state index contributed by atoms with van der Waals surface area (Å²) in [4.78, 5) is 85.8. The molecular weight excluding hydrogens is 2620 g/mol. The van der Waals surface area contributed by atoms with Crippen molar-refractivity contribution in [1.29, 1.82) is 0 Å². The van der Waals surface area contributed by atoms with Crippen molar-refractivity contribution in [1.82, 2.24) is 114 Å². The molecule has 23 rings (SSSR count). The van der Waals surface area contributed by atoms with Gasteiger partial charge >= 0.3 is 57.6 Å². The molecule has 43 heteroatoms. The van der Waals surface area contributed by atoms with Gasteiger partial charge in [0.05, 0.1) is 73.6 Å². The van der Waals surface area contributed by atoms with Gasteiger partial charge in [0.15, 0.2) is 65.5 Å². The number of H-pyrrole nitrogens is 3. The predicted molar refractivity (Wildman–Crippen MR) is 609 cm³/mol. The molecule has 147 heavy (non-hydrogen) atoms. The second-order valence-electron chi connectivity index (χ2n) is 35.0. The van der Waals surface area contributed by atoms with E-state index in [-0.39, 0.29) is 36.1 Å². The number of aromatic nitrogens is 23. The van der Waals surface area contributed by atoms with Crippen LogP contribution >= 0.6 is 121 Å². The maximum absolute atomic E-state index is 14.0. The van der Waals surface area contributed by atoms with Gasteiger partial charge in [0.2, 0.25) is 0 Å². The molecule has 0 aliphatic carbocycles. The maximum atomic E-state index is 14.0. The van der Waals surface area contributed by atoms with Gasteiger partial charge in [-0.05, 0) is 175 Å². The van der Waals surface area contributed by atoms with E-state index in [4.69, 9.17) is 55.8 Å². The van der Waals surface area contributed by atoms with Crippen LogP contribution in [0.25, 0.3) is 156 Å². The molecule has 32 nitrogen and oxygen atoms in total. The monoisotopic (exact) mass is 2720 g/mol. The number of hydrogen-bond donors (Lipinski definition) is 7. The number of nitrogens with zero attached hydrogens (tertiary/aromatic N) is 20. The van der Waals surface area contributed by atoms with E-state index in [1.807, 2.05) is 83.8 Å². The Morgan fingerprint density at radius 2 is 0.864 bits per heavy atom. The van der Waals surface area contributed by atoms with Gasteiger partial charge in [-0.3, -0.25) is 49.6 Å². The van der Waals surface area contributed by atoms with Crippen LogP contribution in [0.2, 0.25) is 0 Å². The number of imidazole rings is 2. The van der Waals surface area contributed by atoms with Crippen LogP contribution in [0.4, 0.5) is 24.5 Å². The Morgan fingerprint density at radius 1 is 0.469 bits per heavy atom. The third-order valence-electron chi connectivity index (χ3n) is 22.5.